The van der Waals surface area contributed by atoms with E-state index >= 15 is 0 Å². The van der Waals surface area contributed by atoms with Gasteiger partial charge in [0.15, 0.2) is 0 Å². The Morgan fingerprint density at radius 3 is 2.33 bits per heavy atom. The number of thiazole rings is 1. The zero-order valence-electron chi connectivity index (χ0n) is 14.2. The van der Waals surface area contributed by atoms with E-state index in [2.05, 4.69) is 0 Å². The molecule has 0 spiro atoms. The van der Waals surface area contributed by atoms with Crippen molar-refractivity contribution in [1.82, 2.24) is 14.4 Å². The predicted molar refractivity (Wildman–Crippen MR) is 93.1 cm³/mol. The molecule has 1 aromatic heterocycles. The molecule has 2 heterocycles. The van der Waals surface area contributed by atoms with Crippen LogP contribution in [-0.4, -0.2) is 52.4 Å². The molecule has 2 amide bonds. The molecule has 0 bridgehead atoms. The van der Waals surface area contributed by atoms with E-state index in [4.69, 9.17) is 0 Å². The standard InChI is InChI=1S/C17H25N3O3S/c1-13-12-24-17(23)20(13)7-6-15(21)18-8-10-19(11-9-18)16(22)14-4-2-3-5-14/h12,14H,2-11H2,1H3. The van der Waals surface area contributed by atoms with Crippen LogP contribution >= 0.6 is 11.3 Å². The summed E-state index contributed by atoms with van der Waals surface area (Å²) in [5.41, 5.74) is 0.907. The summed E-state index contributed by atoms with van der Waals surface area (Å²) in [6.45, 7) is 4.81. The Kier molecular flexibility index (Phi) is 5.38. The number of amides is 2. The normalized spacial score (nSPS) is 19.0. The highest BCUT2D eigenvalue weighted by Crippen LogP contribution is 2.26. The maximum atomic E-state index is 12.4. The van der Waals surface area contributed by atoms with E-state index in [0.29, 0.717) is 39.1 Å². The van der Waals surface area contributed by atoms with E-state index < -0.39 is 0 Å². The molecule has 0 atom stereocenters. The predicted octanol–water partition coefficient (Wildman–Crippen LogP) is 1.47. The number of piperazine rings is 1. The van der Waals surface area contributed by atoms with E-state index in [-0.39, 0.29) is 22.6 Å². The monoisotopic (exact) mass is 351 g/mol. The molecule has 3 rings (SSSR count). The summed E-state index contributed by atoms with van der Waals surface area (Å²) in [5.74, 6) is 0.557. The molecule has 0 radical (unpaired) electrons. The van der Waals surface area contributed by atoms with Gasteiger partial charge in [0, 0.05) is 56.1 Å². The van der Waals surface area contributed by atoms with Crippen LogP contribution in [0.2, 0.25) is 0 Å². The number of nitrogens with zero attached hydrogens (tertiary/aromatic N) is 3. The number of aryl methyl sites for hydroxylation is 1. The molecular formula is C17H25N3O3S. The molecule has 1 saturated heterocycles. The molecule has 1 aliphatic heterocycles. The summed E-state index contributed by atoms with van der Waals surface area (Å²) < 4.78 is 1.66. The first kappa shape index (κ1) is 17.2. The summed E-state index contributed by atoms with van der Waals surface area (Å²) in [6.07, 6.45) is 4.71. The molecule has 6 nitrogen and oxygen atoms in total. The molecule has 132 valence electrons. The van der Waals surface area contributed by atoms with Gasteiger partial charge in [0.05, 0.1) is 0 Å². The minimum Gasteiger partial charge on any atom is -0.339 e. The molecule has 2 aliphatic rings. The smallest absolute Gasteiger partial charge is 0.307 e. The highest BCUT2D eigenvalue weighted by Gasteiger charge is 2.30. The fraction of sp³-hybridized carbons (Fsp3) is 0.706. The van der Waals surface area contributed by atoms with Gasteiger partial charge in [-0.25, -0.2) is 0 Å². The number of carbonyl (C=O) groups excluding carboxylic acids is 2. The molecule has 2 fully saturated rings. The number of hydrogen-bond acceptors (Lipinski definition) is 4. The zero-order valence-corrected chi connectivity index (χ0v) is 15.0. The number of hydrogen-bond donors (Lipinski definition) is 0. The fourth-order valence-electron chi connectivity index (χ4n) is 3.65. The molecule has 1 saturated carbocycles. The summed E-state index contributed by atoms with van der Waals surface area (Å²) in [6, 6.07) is 0. The summed E-state index contributed by atoms with van der Waals surface area (Å²) in [7, 11) is 0. The maximum absolute atomic E-state index is 12.4. The van der Waals surface area contributed by atoms with Crippen LogP contribution < -0.4 is 4.87 Å². The van der Waals surface area contributed by atoms with Crippen LogP contribution in [-0.2, 0) is 16.1 Å². The van der Waals surface area contributed by atoms with Crippen molar-refractivity contribution in [2.24, 2.45) is 5.92 Å². The molecule has 1 aliphatic carbocycles. The SMILES string of the molecule is Cc1csc(=O)n1CCC(=O)N1CCN(C(=O)C2CCCC2)CC1. The van der Waals surface area contributed by atoms with E-state index in [1.54, 1.807) is 4.57 Å². The molecular weight excluding hydrogens is 326 g/mol. The molecule has 1 aromatic rings. The Bertz CT molecular complexity index is 652. The van der Waals surface area contributed by atoms with E-state index in [1.807, 2.05) is 22.1 Å². The number of rotatable bonds is 4. The summed E-state index contributed by atoms with van der Waals surface area (Å²) in [5, 5.41) is 1.82. The van der Waals surface area contributed by atoms with Crippen molar-refractivity contribution in [3.8, 4) is 0 Å². The third kappa shape index (κ3) is 3.71. The molecule has 7 heteroatoms. The van der Waals surface area contributed by atoms with Gasteiger partial charge in [-0.3, -0.25) is 14.4 Å². The number of carbonyl (C=O) groups is 2. The van der Waals surface area contributed by atoms with Gasteiger partial charge < -0.3 is 14.4 Å². The average Bonchev–Trinajstić information content (AvgIpc) is 3.23. The van der Waals surface area contributed by atoms with E-state index in [1.165, 1.54) is 11.3 Å². The molecule has 0 N–H and O–H groups in total. The van der Waals surface area contributed by atoms with Gasteiger partial charge in [-0.1, -0.05) is 24.2 Å². The van der Waals surface area contributed by atoms with Crippen molar-refractivity contribution in [3.05, 3.63) is 20.7 Å². The van der Waals surface area contributed by atoms with Crippen LogP contribution in [0.25, 0.3) is 0 Å². The van der Waals surface area contributed by atoms with Gasteiger partial charge in [-0.15, -0.1) is 0 Å². The quantitative estimate of drug-likeness (QED) is 0.825. The van der Waals surface area contributed by atoms with Gasteiger partial charge in [-0.2, -0.15) is 0 Å². The van der Waals surface area contributed by atoms with Crippen molar-refractivity contribution in [1.29, 1.82) is 0 Å². The lowest BCUT2D eigenvalue weighted by Crippen LogP contribution is -2.51. The third-order valence-corrected chi connectivity index (χ3v) is 6.06. The van der Waals surface area contributed by atoms with Crippen molar-refractivity contribution in [3.63, 3.8) is 0 Å². The lowest BCUT2D eigenvalue weighted by Gasteiger charge is -2.36. The van der Waals surface area contributed by atoms with E-state index in [9.17, 15) is 14.4 Å². The van der Waals surface area contributed by atoms with E-state index in [0.717, 1.165) is 31.4 Å². The van der Waals surface area contributed by atoms with Gasteiger partial charge in [0.1, 0.15) is 0 Å². The topological polar surface area (TPSA) is 62.6 Å². The van der Waals surface area contributed by atoms with Crippen LogP contribution in [0.5, 0.6) is 0 Å². The molecule has 24 heavy (non-hydrogen) atoms. The average molecular weight is 351 g/mol. The second-order valence-electron chi connectivity index (χ2n) is 6.73. The minimum atomic E-state index is -0.00715. The largest absolute Gasteiger partial charge is 0.339 e. The Hall–Kier alpha value is -1.63. The minimum absolute atomic E-state index is 0.00715. The van der Waals surface area contributed by atoms with Crippen molar-refractivity contribution >= 4 is 23.2 Å². The van der Waals surface area contributed by atoms with Gasteiger partial charge in [-0.05, 0) is 19.8 Å². The first-order valence-electron chi connectivity index (χ1n) is 8.78. The highest BCUT2D eigenvalue weighted by atomic mass is 32.1. The van der Waals surface area contributed by atoms with Gasteiger partial charge >= 0.3 is 4.87 Å². The van der Waals surface area contributed by atoms with Gasteiger partial charge in [0.25, 0.3) is 0 Å². The maximum Gasteiger partial charge on any atom is 0.307 e. The van der Waals surface area contributed by atoms with Crippen molar-refractivity contribution in [2.75, 3.05) is 26.2 Å². The first-order chi connectivity index (χ1) is 11.6. The van der Waals surface area contributed by atoms with Crippen LogP contribution in [0.4, 0.5) is 0 Å². The second-order valence-corrected chi connectivity index (χ2v) is 7.55. The third-order valence-electron chi connectivity index (χ3n) is 5.17. The Morgan fingerprint density at radius 1 is 1.12 bits per heavy atom. The second kappa shape index (κ2) is 7.51. The highest BCUT2D eigenvalue weighted by molar-refractivity contribution is 7.07. The van der Waals surface area contributed by atoms with Gasteiger partial charge in [0.2, 0.25) is 11.8 Å². The Labute approximate surface area is 146 Å². The Balaban J connectivity index is 1.46. The summed E-state index contributed by atoms with van der Waals surface area (Å²) in [4.78, 5) is 40.2. The molecule has 0 aromatic carbocycles. The molecule has 0 unspecified atom stereocenters. The van der Waals surface area contributed by atoms with Crippen molar-refractivity contribution < 1.29 is 9.59 Å². The fourth-order valence-corrected chi connectivity index (χ4v) is 4.41. The lowest BCUT2D eigenvalue weighted by molar-refractivity contribution is -0.142. The lowest BCUT2D eigenvalue weighted by atomic mass is 10.1. The Morgan fingerprint density at radius 2 is 1.75 bits per heavy atom. The number of aromatic nitrogens is 1. The van der Waals surface area contributed by atoms with Crippen LogP contribution in [0, 0.1) is 12.8 Å². The summed E-state index contributed by atoms with van der Waals surface area (Å²) >= 11 is 1.17. The zero-order chi connectivity index (χ0) is 17.1. The first-order valence-corrected chi connectivity index (χ1v) is 9.65. The van der Waals surface area contributed by atoms with Crippen LogP contribution in [0.15, 0.2) is 10.2 Å². The van der Waals surface area contributed by atoms with Crippen molar-refractivity contribution in [2.45, 2.75) is 45.6 Å². The van der Waals surface area contributed by atoms with Crippen LogP contribution in [0.3, 0.4) is 0 Å². The van der Waals surface area contributed by atoms with Crippen LogP contribution in [0.1, 0.15) is 37.8 Å².